The van der Waals surface area contributed by atoms with Crippen molar-refractivity contribution in [3.8, 4) is 0 Å². The molecule has 0 spiro atoms. The van der Waals surface area contributed by atoms with Crippen molar-refractivity contribution in [3.63, 3.8) is 0 Å². The van der Waals surface area contributed by atoms with Gasteiger partial charge < -0.3 is 4.90 Å². The molecule has 0 bridgehead atoms. The maximum absolute atomic E-state index is 11.2. The van der Waals surface area contributed by atoms with E-state index in [1.165, 1.54) is 6.08 Å². The van der Waals surface area contributed by atoms with Crippen LogP contribution in [0.15, 0.2) is 24.9 Å². The van der Waals surface area contributed by atoms with Crippen LogP contribution < -0.4 is 0 Å². The Kier molecular flexibility index (Phi) is 5.09. The highest BCUT2D eigenvalue weighted by molar-refractivity contribution is 5.88. The highest BCUT2D eigenvalue weighted by atomic mass is 16.2. The minimum Gasteiger partial charge on any atom is -0.313 e. The van der Waals surface area contributed by atoms with Crippen LogP contribution in [0.1, 0.15) is 27.2 Å². The van der Waals surface area contributed by atoms with Crippen molar-refractivity contribution >= 4 is 5.91 Å². The van der Waals surface area contributed by atoms with Gasteiger partial charge in [-0.05, 0) is 26.3 Å². The lowest BCUT2D eigenvalue weighted by Gasteiger charge is -2.20. The molecule has 0 aromatic carbocycles. The number of allylic oxidation sites excluding steroid dienone is 1. The zero-order valence-corrected chi connectivity index (χ0v) is 8.08. The highest BCUT2D eigenvalue weighted by Gasteiger charge is 2.09. The number of nitrogens with zero attached hydrogens (tertiary/aromatic N) is 1. The third-order valence-electron chi connectivity index (χ3n) is 1.49. The van der Waals surface area contributed by atoms with Gasteiger partial charge in [0.05, 0.1) is 0 Å². The Balaban J connectivity index is 4.32. The fourth-order valence-corrected chi connectivity index (χ4v) is 0.824. The average Bonchev–Trinajstić information content (AvgIpc) is 2.04. The molecule has 12 heavy (non-hydrogen) atoms. The number of carbonyl (C=O) groups excluding carboxylic acids is 1. The van der Waals surface area contributed by atoms with E-state index in [4.69, 9.17) is 0 Å². The van der Waals surface area contributed by atoms with Crippen LogP contribution in [0.4, 0.5) is 0 Å². The lowest BCUT2D eigenvalue weighted by atomic mass is 10.3. The van der Waals surface area contributed by atoms with Gasteiger partial charge in [-0.25, -0.2) is 0 Å². The molecule has 0 aliphatic carbocycles. The number of rotatable bonds is 4. The van der Waals surface area contributed by atoms with Crippen molar-refractivity contribution in [2.24, 2.45) is 0 Å². The van der Waals surface area contributed by atoms with Gasteiger partial charge in [-0.3, -0.25) is 4.79 Å². The smallest absolute Gasteiger partial charge is 0.250 e. The molecular formula is C10H17NO. The Morgan fingerprint density at radius 1 is 1.58 bits per heavy atom. The summed E-state index contributed by atoms with van der Waals surface area (Å²) in [6.45, 7) is 9.43. The Bertz CT molecular complexity index is 182. The second-order valence-corrected chi connectivity index (χ2v) is 2.84. The molecule has 0 aromatic heterocycles. The zero-order valence-electron chi connectivity index (χ0n) is 8.08. The maximum atomic E-state index is 11.2. The summed E-state index contributed by atoms with van der Waals surface area (Å²) in [5.74, 6) is -0.0466. The molecule has 0 heterocycles. The van der Waals surface area contributed by atoms with Crippen molar-refractivity contribution in [1.82, 2.24) is 4.90 Å². The molecule has 0 saturated heterocycles. The minimum absolute atomic E-state index is 0.0466. The minimum atomic E-state index is -0.0466. The first-order valence-corrected chi connectivity index (χ1v) is 4.24. The number of hydrogen-bond donors (Lipinski definition) is 0. The second-order valence-electron chi connectivity index (χ2n) is 2.84. The van der Waals surface area contributed by atoms with Crippen LogP contribution >= 0.6 is 0 Å². The van der Waals surface area contributed by atoms with E-state index in [1.807, 2.05) is 33.0 Å². The number of amides is 1. The van der Waals surface area contributed by atoms with E-state index in [0.717, 1.165) is 6.42 Å². The predicted octanol–water partition coefficient (Wildman–Crippen LogP) is 2.33. The first-order chi connectivity index (χ1) is 5.63. The first-order valence-electron chi connectivity index (χ1n) is 4.24. The van der Waals surface area contributed by atoms with E-state index in [2.05, 4.69) is 6.58 Å². The topological polar surface area (TPSA) is 20.3 Å². The first kappa shape index (κ1) is 11.0. The lowest BCUT2D eigenvalue weighted by Crippen LogP contribution is -2.30. The summed E-state index contributed by atoms with van der Waals surface area (Å²) in [7, 11) is 0. The Morgan fingerprint density at radius 2 is 2.17 bits per heavy atom. The van der Waals surface area contributed by atoms with Crippen LogP contribution in [0, 0.1) is 0 Å². The van der Waals surface area contributed by atoms with Gasteiger partial charge in [0, 0.05) is 12.2 Å². The summed E-state index contributed by atoms with van der Waals surface area (Å²) in [5, 5.41) is 0. The van der Waals surface area contributed by atoms with Crippen molar-refractivity contribution in [2.45, 2.75) is 33.2 Å². The van der Waals surface area contributed by atoms with E-state index in [1.54, 1.807) is 4.90 Å². The summed E-state index contributed by atoms with van der Waals surface area (Å²) >= 11 is 0. The third-order valence-corrected chi connectivity index (χ3v) is 1.49. The fraction of sp³-hybridized carbons (Fsp3) is 0.500. The highest BCUT2D eigenvalue weighted by Crippen LogP contribution is 2.01. The summed E-state index contributed by atoms with van der Waals surface area (Å²) in [6.07, 6.45) is 6.05. The van der Waals surface area contributed by atoms with E-state index >= 15 is 0 Å². The standard InChI is InChI=1S/C10H17NO/c1-5-7-8-11(9(3)4)10(12)6-2/h6-9H,2,5H2,1,3-4H3/b8-7+. The predicted molar refractivity (Wildman–Crippen MR) is 51.6 cm³/mol. The monoisotopic (exact) mass is 167 g/mol. The molecule has 68 valence electrons. The van der Waals surface area contributed by atoms with Crippen LogP contribution in [0.5, 0.6) is 0 Å². The molecule has 0 unspecified atom stereocenters. The Labute approximate surface area is 74.6 Å². The van der Waals surface area contributed by atoms with Gasteiger partial charge in [-0.1, -0.05) is 19.6 Å². The third kappa shape index (κ3) is 3.37. The molecule has 1 amide bonds. The van der Waals surface area contributed by atoms with Crippen molar-refractivity contribution < 1.29 is 4.79 Å². The van der Waals surface area contributed by atoms with E-state index in [9.17, 15) is 4.79 Å². The Morgan fingerprint density at radius 3 is 2.50 bits per heavy atom. The van der Waals surface area contributed by atoms with Crippen LogP contribution in [0.2, 0.25) is 0 Å². The maximum Gasteiger partial charge on any atom is 0.250 e. The van der Waals surface area contributed by atoms with Crippen LogP contribution in [0.25, 0.3) is 0 Å². The normalized spacial score (nSPS) is 10.7. The average molecular weight is 167 g/mol. The largest absolute Gasteiger partial charge is 0.313 e. The van der Waals surface area contributed by atoms with Gasteiger partial charge in [0.15, 0.2) is 0 Å². The number of carbonyl (C=O) groups is 1. The van der Waals surface area contributed by atoms with Gasteiger partial charge in [0.25, 0.3) is 0 Å². The van der Waals surface area contributed by atoms with Gasteiger partial charge in [0.2, 0.25) is 5.91 Å². The van der Waals surface area contributed by atoms with Crippen LogP contribution in [-0.4, -0.2) is 16.8 Å². The van der Waals surface area contributed by atoms with Crippen molar-refractivity contribution in [1.29, 1.82) is 0 Å². The molecular weight excluding hydrogens is 150 g/mol. The summed E-state index contributed by atoms with van der Waals surface area (Å²) < 4.78 is 0. The van der Waals surface area contributed by atoms with Crippen molar-refractivity contribution in [3.05, 3.63) is 24.9 Å². The molecule has 0 saturated carbocycles. The van der Waals surface area contributed by atoms with Crippen molar-refractivity contribution in [2.75, 3.05) is 0 Å². The van der Waals surface area contributed by atoms with E-state index in [-0.39, 0.29) is 11.9 Å². The van der Waals surface area contributed by atoms with E-state index < -0.39 is 0 Å². The molecule has 0 aliphatic heterocycles. The van der Waals surface area contributed by atoms with Gasteiger partial charge in [-0.15, -0.1) is 0 Å². The van der Waals surface area contributed by atoms with Gasteiger partial charge >= 0.3 is 0 Å². The molecule has 0 radical (unpaired) electrons. The molecule has 0 aromatic rings. The van der Waals surface area contributed by atoms with Crippen LogP contribution in [-0.2, 0) is 4.79 Å². The fourth-order valence-electron chi connectivity index (χ4n) is 0.824. The molecule has 0 rings (SSSR count). The molecule has 2 heteroatoms. The number of hydrogen-bond acceptors (Lipinski definition) is 1. The second kappa shape index (κ2) is 5.58. The zero-order chi connectivity index (χ0) is 9.56. The van der Waals surface area contributed by atoms with Gasteiger partial charge in [0.1, 0.15) is 0 Å². The SMILES string of the molecule is C=CC(=O)N(/C=C/CC)C(C)C. The van der Waals surface area contributed by atoms with E-state index in [0.29, 0.717) is 0 Å². The molecule has 0 fully saturated rings. The molecule has 0 N–H and O–H groups in total. The molecule has 0 aliphatic rings. The summed E-state index contributed by atoms with van der Waals surface area (Å²) in [4.78, 5) is 12.9. The quantitative estimate of drug-likeness (QED) is 0.588. The lowest BCUT2D eigenvalue weighted by molar-refractivity contribution is -0.124. The summed E-state index contributed by atoms with van der Waals surface area (Å²) in [6, 6.07) is 0.193. The Hall–Kier alpha value is -1.05. The summed E-state index contributed by atoms with van der Waals surface area (Å²) in [5.41, 5.74) is 0. The molecule has 0 atom stereocenters. The van der Waals surface area contributed by atoms with Crippen LogP contribution in [0.3, 0.4) is 0 Å². The van der Waals surface area contributed by atoms with Gasteiger partial charge in [-0.2, -0.15) is 0 Å². The molecule has 2 nitrogen and oxygen atoms in total.